The van der Waals surface area contributed by atoms with Crippen molar-refractivity contribution in [2.24, 2.45) is 0 Å². The molecular formula is C19H19FO5. The van der Waals surface area contributed by atoms with E-state index in [-0.39, 0.29) is 12.2 Å². The minimum Gasteiger partial charge on any atom is -0.450 e. The van der Waals surface area contributed by atoms with Crippen molar-refractivity contribution in [2.45, 2.75) is 31.3 Å². The fourth-order valence-corrected chi connectivity index (χ4v) is 2.59. The second-order valence-corrected chi connectivity index (χ2v) is 5.75. The van der Waals surface area contributed by atoms with E-state index in [0.717, 1.165) is 5.56 Å². The molecule has 0 aliphatic carbocycles. The first kappa shape index (κ1) is 17.5. The van der Waals surface area contributed by atoms with Crippen LogP contribution in [0.1, 0.15) is 15.9 Å². The Morgan fingerprint density at radius 2 is 1.72 bits per heavy atom. The fraction of sp³-hybridized carbons (Fsp3) is 0.316. The molecule has 6 heteroatoms. The summed E-state index contributed by atoms with van der Waals surface area (Å²) in [7, 11) is 0. The van der Waals surface area contributed by atoms with E-state index in [4.69, 9.17) is 14.2 Å². The summed E-state index contributed by atoms with van der Waals surface area (Å²) in [6.45, 7) is 0.254. The van der Waals surface area contributed by atoms with Gasteiger partial charge in [-0.15, -0.1) is 0 Å². The Bertz CT molecular complexity index is 679. The quantitative estimate of drug-likeness (QED) is 0.814. The third kappa shape index (κ3) is 4.42. The van der Waals surface area contributed by atoms with E-state index in [0.29, 0.717) is 6.61 Å². The Kier molecular flexibility index (Phi) is 5.75. The highest BCUT2D eigenvalue weighted by Gasteiger charge is 2.47. The summed E-state index contributed by atoms with van der Waals surface area (Å²) in [4.78, 5) is 12.0. The van der Waals surface area contributed by atoms with E-state index in [9.17, 15) is 14.3 Å². The number of carbonyl (C=O) groups is 1. The SMILES string of the molecule is O=C(OC1C(O)OC(COCc2ccccc2)C1F)c1ccccc1. The Morgan fingerprint density at radius 3 is 2.40 bits per heavy atom. The molecule has 0 spiro atoms. The average molecular weight is 346 g/mol. The van der Waals surface area contributed by atoms with Gasteiger partial charge >= 0.3 is 5.97 Å². The van der Waals surface area contributed by atoms with Crippen LogP contribution in [0.25, 0.3) is 0 Å². The van der Waals surface area contributed by atoms with Crippen LogP contribution in [-0.2, 0) is 20.8 Å². The number of halogens is 1. The molecule has 0 aromatic heterocycles. The number of hydrogen-bond donors (Lipinski definition) is 1. The molecule has 2 aromatic rings. The molecule has 1 saturated heterocycles. The van der Waals surface area contributed by atoms with Crippen LogP contribution >= 0.6 is 0 Å². The minimum absolute atomic E-state index is 0.0491. The lowest BCUT2D eigenvalue weighted by Crippen LogP contribution is -2.35. The second-order valence-electron chi connectivity index (χ2n) is 5.75. The lowest BCUT2D eigenvalue weighted by molar-refractivity contribution is -0.139. The molecule has 1 aliphatic heterocycles. The topological polar surface area (TPSA) is 65.0 Å². The lowest BCUT2D eigenvalue weighted by atomic mass is 10.1. The van der Waals surface area contributed by atoms with Crippen LogP contribution in [0.15, 0.2) is 60.7 Å². The van der Waals surface area contributed by atoms with Crippen molar-refractivity contribution < 1.29 is 28.5 Å². The highest BCUT2D eigenvalue weighted by molar-refractivity contribution is 5.89. The van der Waals surface area contributed by atoms with Crippen molar-refractivity contribution in [2.75, 3.05) is 6.61 Å². The standard InChI is InChI=1S/C19H19FO5/c20-16-15(12-23-11-13-7-3-1-4-8-13)24-19(22)17(16)25-18(21)14-9-5-2-6-10-14/h1-10,15-17,19,22H,11-12H2. The number of aliphatic hydroxyl groups excluding tert-OH is 1. The molecule has 0 amide bonds. The van der Waals surface area contributed by atoms with Crippen LogP contribution in [-0.4, -0.2) is 42.4 Å². The number of benzene rings is 2. The predicted molar refractivity (Wildman–Crippen MR) is 87.5 cm³/mol. The molecule has 132 valence electrons. The first-order valence-corrected chi connectivity index (χ1v) is 8.00. The van der Waals surface area contributed by atoms with Crippen LogP contribution < -0.4 is 0 Å². The maximum absolute atomic E-state index is 14.5. The third-order valence-electron chi connectivity index (χ3n) is 3.91. The van der Waals surface area contributed by atoms with Gasteiger partial charge in [-0.05, 0) is 17.7 Å². The summed E-state index contributed by atoms with van der Waals surface area (Å²) in [5, 5.41) is 9.85. The molecule has 5 nitrogen and oxygen atoms in total. The number of hydrogen-bond acceptors (Lipinski definition) is 5. The Labute approximate surface area is 144 Å². The van der Waals surface area contributed by atoms with Crippen molar-refractivity contribution in [3.05, 3.63) is 71.8 Å². The first-order valence-electron chi connectivity index (χ1n) is 8.00. The maximum atomic E-state index is 14.5. The summed E-state index contributed by atoms with van der Waals surface area (Å²) >= 11 is 0. The molecule has 0 radical (unpaired) electrons. The number of carbonyl (C=O) groups excluding carboxylic acids is 1. The van der Waals surface area contributed by atoms with Crippen LogP contribution in [0.2, 0.25) is 0 Å². The zero-order valence-electron chi connectivity index (χ0n) is 13.5. The third-order valence-corrected chi connectivity index (χ3v) is 3.91. The van der Waals surface area contributed by atoms with Crippen molar-refractivity contribution in [1.29, 1.82) is 0 Å². The number of ether oxygens (including phenoxy) is 3. The van der Waals surface area contributed by atoms with Gasteiger partial charge in [-0.1, -0.05) is 48.5 Å². The normalized spacial score (nSPS) is 25.7. The highest BCUT2D eigenvalue weighted by atomic mass is 19.1. The molecule has 1 heterocycles. The van der Waals surface area contributed by atoms with E-state index in [2.05, 4.69) is 0 Å². The van der Waals surface area contributed by atoms with Gasteiger partial charge in [-0.25, -0.2) is 9.18 Å². The van der Waals surface area contributed by atoms with E-state index in [1.165, 1.54) is 0 Å². The van der Waals surface area contributed by atoms with Gasteiger partial charge in [0, 0.05) is 0 Å². The van der Waals surface area contributed by atoms with Gasteiger partial charge in [-0.3, -0.25) is 0 Å². The van der Waals surface area contributed by atoms with E-state index in [1.54, 1.807) is 30.3 Å². The largest absolute Gasteiger partial charge is 0.450 e. The van der Waals surface area contributed by atoms with Crippen LogP contribution in [0.4, 0.5) is 4.39 Å². The zero-order valence-corrected chi connectivity index (χ0v) is 13.5. The van der Waals surface area contributed by atoms with Crippen LogP contribution in [0, 0.1) is 0 Å². The van der Waals surface area contributed by atoms with Crippen molar-refractivity contribution in [3.63, 3.8) is 0 Å². The molecule has 3 rings (SSSR count). The van der Waals surface area contributed by atoms with Gasteiger partial charge in [0.1, 0.15) is 6.10 Å². The number of alkyl halides is 1. The van der Waals surface area contributed by atoms with Crippen LogP contribution in [0.3, 0.4) is 0 Å². The number of esters is 1. The molecule has 1 N–H and O–H groups in total. The summed E-state index contributed by atoms with van der Waals surface area (Å²) in [6, 6.07) is 17.6. The number of aliphatic hydroxyl groups is 1. The monoisotopic (exact) mass is 346 g/mol. The van der Waals surface area contributed by atoms with Gasteiger partial charge < -0.3 is 19.3 Å². The lowest BCUT2D eigenvalue weighted by Gasteiger charge is -2.16. The molecule has 4 unspecified atom stereocenters. The first-order chi connectivity index (χ1) is 12.1. The fourth-order valence-electron chi connectivity index (χ4n) is 2.59. The van der Waals surface area contributed by atoms with Gasteiger partial charge in [0.25, 0.3) is 0 Å². The van der Waals surface area contributed by atoms with Crippen molar-refractivity contribution in [3.8, 4) is 0 Å². The molecule has 0 saturated carbocycles. The molecular weight excluding hydrogens is 327 g/mol. The summed E-state index contributed by atoms with van der Waals surface area (Å²) in [5.41, 5.74) is 1.23. The zero-order chi connectivity index (χ0) is 17.6. The molecule has 2 aromatic carbocycles. The predicted octanol–water partition coefficient (Wildman–Crippen LogP) is 2.48. The molecule has 1 aliphatic rings. The second kappa shape index (κ2) is 8.20. The summed E-state index contributed by atoms with van der Waals surface area (Å²) < 4.78 is 30.1. The van der Waals surface area contributed by atoms with Gasteiger partial charge in [0.05, 0.1) is 18.8 Å². The Balaban J connectivity index is 1.52. The maximum Gasteiger partial charge on any atom is 0.338 e. The van der Waals surface area contributed by atoms with Crippen LogP contribution in [0.5, 0.6) is 0 Å². The Hall–Kier alpha value is -2.28. The molecule has 1 fully saturated rings. The number of rotatable bonds is 6. The van der Waals surface area contributed by atoms with E-state index < -0.39 is 30.6 Å². The average Bonchev–Trinajstić information content (AvgIpc) is 2.91. The smallest absolute Gasteiger partial charge is 0.338 e. The highest BCUT2D eigenvalue weighted by Crippen LogP contribution is 2.26. The summed E-state index contributed by atoms with van der Waals surface area (Å²) in [6.07, 6.45) is -5.56. The van der Waals surface area contributed by atoms with E-state index in [1.807, 2.05) is 30.3 Å². The van der Waals surface area contributed by atoms with Crippen molar-refractivity contribution >= 4 is 5.97 Å². The van der Waals surface area contributed by atoms with Crippen molar-refractivity contribution in [1.82, 2.24) is 0 Å². The molecule has 0 bridgehead atoms. The van der Waals surface area contributed by atoms with E-state index >= 15 is 0 Å². The Morgan fingerprint density at radius 1 is 1.08 bits per heavy atom. The minimum atomic E-state index is -1.67. The van der Waals surface area contributed by atoms with Gasteiger partial charge in [0.2, 0.25) is 0 Å². The van der Waals surface area contributed by atoms with Gasteiger partial charge in [0.15, 0.2) is 18.6 Å². The molecule has 25 heavy (non-hydrogen) atoms. The van der Waals surface area contributed by atoms with Gasteiger partial charge in [-0.2, -0.15) is 0 Å². The summed E-state index contributed by atoms with van der Waals surface area (Å²) in [5.74, 6) is -0.707. The molecule has 4 atom stereocenters.